The molecule has 0 atom stereocenters. The number of nitrogens with zero attached hydrogens (tertiary/aromatic N) is 1. The summed E-state index contributed by atoms with van der Waals surface area (Å²) in [6, 6.07) is 10.4. The fourth-order valence-electron chi connectivity index (χ4n) is 1.78. The Balaban J connectivity index is 2.16. The maximum atomic E-state index is 5.90. The van der Waals surface area contributed by atoms with E-state index in [2.05, 4.69) is 36.2 Å². The third-order valence-corrected chi connectivity index (χ3v) is 3.02. The summed E-state index contributed by atoms with van der Waals surface area (Å²) >= 11 is 0. The average Bonchev–Trinajstić information content (AvgIpc) is 2.35. The second-order valence-electron chi connectivity index (χ2n) is 4.38. The van der Waals surface area contributed by atoms with Gasteiger partial charge in [-0.1, -0.05) is 25.1 Å². The normalized spacial score (nSPS) is 10.5. The zero-order valence-electron chi connectivity index (χ0n) is 10.4. The van der Waals surface area contributed by atoms with Crippen molar-refractivity contribution in [1.29, 1.82) is 0 Å². The van der Waals surface area contributed by atoms with E-state index in [4.69, 9.17) is 5.73 Å². The lowest BCUT2D eigenvalue weighted by atomic mass is 10.1. The first-order chi connectivity index (χ1) is 8.19. The van der Waals surface area contributed by atoms with Crippen molar-refractivity contribution in [2.45, 2.75) is 26.7 Å². The number of hydrogen-bond donors (Lipinski definition) is 1. The molecular weight excluding hydrogens is 208 g/mol. The molecule has 0 aliphatic rings. The van der Waals surface area contributed by atoms with Gasteiger partial charge in [-0.05, 0) is 42.2 Å². The Hall–Kier alpha value is -1.83. The van der Waals surface area contributed by atoms with Gasteiger partial charge < -0.3 is 5.73 Å². The number of nitrogens with two attached hydrogens (primary N) is 1. The number of anilines is 1. The summed E-state index contributed by atoms with van der Waals surface area (Å²) in [5.41, 5.74) is 11.5. The largest absolute Gasteiger partial charge is 0.399 e. The molecule has 0 saturated carbocycles. The fraction of sp³-hybridized carbons (Fsp3) is 0.267. The Labute approximate surface area is 103 Å². The minimum atomic E-state index is 0.842. The Morgan fingerprint density at radius 1 is 1.12 bits per heavy atom. The molecule has 0 bridgehead atoms. The van der Waals surface area contributed by atoms with Crippen molar-refractivity contribution in [3.8, 4) is 0 Å². The minimum absolute atomic E-state index is 0.842. The van der Waals surface area contributed by atoms with Crippen LogP contribution in [0.5, 0.6) is 0 Å². The number of nitrogen functional groups attached to an aromatic ring is 1. The second kappa shape index (κ2) is 5.00. The van der Waals surface area contributed by atoms with Crippen molar-refractivity contribution in [2.75, 3.05) is 5.73 Å². The molecule has 2 rings (SSSR count). The maximum absolute atomic E-state index is 5.90. The van der Waals surface area contributed by atoms with Gasteiger partial charge in [-0.25, -0.2) is 0 Å². The van der Waals surface area contributed by atoms with Crippen LogP contribution in [0.4, 0.5) is 5.69 Å². The van der Waals surface area contributed by atoms with Crippen LogP contribution in [0.3, 0.4) is 0 Å². The first-order valence-corrected chi connectivity index (χ1v) is 5.98. The number of hydrogen-bond acceptors (Lipinski definition) is 2. The minimum Gasteiger partial charge on any atom is -0.399 e. The van der Waals surface area contributed by atoms with Crippen LogP contribution >= 0.6 is 0 Å². The Morgan fingerprint density at radius 3 is 2.47 bits per heavy atom. The molecule has 2 aromatic rings. The highest BCUT2D eigenvalue weighted by molar-refractivity contribution is 5.48. The van der Waals surface area contributed by atoms with Crippen molar-refractivity contribution in [3.63, 3.8) is 0 Å². The molecule has 0 spiro atoms. The van der Waals surface area contributed by atoms with E-state index >= 15 is 0 Å². The molecule has 1 aromatic heterocycles. The molecule has 1 heterocycles. The van der Waals surface area contributed by atoms with Gasteiger partial charge in [0.05, 0.1) is 0 Å². The van der Waals surface area contributed by atoms with Gasteiger partial charge in [0.25, 0.3) is 0 Å². The summed E-state index contributed by atoms with van der Waals surface area (Å²) in [6.07, 6.45) is 3.83. The predicted molar refractivity (Wildman–Crippen MR) is 72.0 cm³/mol. The van der Waals surface area contributed by atoms with E-state index in [1.165, 1.54) is 11.1 Å². The Kier molecular flexibility index (Phi) is 3.43. The third-order valence-electron chi connectivity index (χ3n) is 3.02. The lowest BCUT2D eigenvalue weighted by molar-refractivity contribution is 1.03. The highest BCUT2D eigenvalue weighted by Gasteiger charge is 2.00. The number of rotatable bonds is 3. The van der Waals surface area contributed by atoms with Crippen LogP contribution < -0.4 is 5.73 Å². The molecular formula is C15H18N2. The van der Waals surface area contributed by atoms with Crippen LogP contribution in [0, 0.1) is 6.92 Å². The SMILES string of the molecule is CCc1ccc(Cc2ccc(C)c(N)c2)nc1. The Bertz CT molecular complexity index is 501. The van der Waals surface area contributed by atoms with Crippen LogP contribution in [0.25, 0.3) is 0 Å². The molecule has 0 amide bonds. The number of pyridine rings is 1. The lowest BCUT2D eigenvalue weighted by Crippen LogP contribution is -1.96. The predicted octanol–water partition coefficient (Wildman–Crippen LogP) is 3.13. The third kappa shape index (κ3) is 2.84. The van der Waals surface area contributed by atoms with E-state index < -0.39 is 0 Å². The highest BCUT2D eigenvalue weighted by Crippen LogP contribution is 2.15. The molecule has 17 heavy (non-hydrogen) atoms. The number of benzene rings is 1. The molecule has 0 unspecified atom stereocenters. The number of aromatic nitrogens is 1. The van der Waals surface area contributed by atoms with E-state index in [1.807, 2.05) is 19.2 Å². The zero-order valence-corrected chi connectivity index (χ0v) is 10.4. The van der Waals surface area contributed by atoms with Gasteiger partial charge >= 0.3 is 0 Å². The molecule has 0 fully saturated rings. The van der Waals surface area contributed by atoms with E-state index in [1.54, 1.807) is 0 Å². The fourth-order valence-corrected chi connectivity index (χ4v) is 1.78. The first-order valence-electron chi connectivity index (χ1n) is 5.98. The van der Waals surface area contributed by atoms with E-state index in [9.17, 15) is 0 Å². The molecule has 88 valence electrons. The van der Waals surface area contributed by atoms with Gasteiger partial charge in [0.1, 0.15) is 0 Å². The smallest absolute Gasteiger partial charge is 0.0447 e. The highest BCUT2D eigenvalue weighted by atomic mass is 14.7. The van der Waals surface area contributed by atoms with Crippen molar-refractivity contribution in [3.05, 3.63) is 58.9 Å². The molecule has 2 nitrogen and oxygen atoms in total. The van der Waals surface area contributed by atoms with Crippen molar-refractivity contribution in [1.82, 2.24) is 4.98 Å². The van der Waals surface area contributed by atoms with E-state index in [0.29, 0.717) is 0 Å². The van der Waals surface area contributed by atoms with Gasteiger partial charge in [-0.2, -0.15) is 0 Å². The molecule has 2 heteroatoms. The summed E-state index contributed by atoms with van der Waals surface area (Å²) in [5.74, 6) is 0. The van der Waals surface area contributed by atoms with Gasteiger partial charge in [-0.3, -0.25) is 4.98 Å². The summed E-state index contributed by atoms with van der Waals surface area (Å²) in [7, 11) is 0. The first kappa shape index (κ1) is 11.6. The van der Waals surface area contributed by atoms with Crippen LogP contribution in [-0.4, -0.2) is 4.98 Å². The van der Waals surface area contributed by atoms with Crippen molar-refractivity contribution >= 4 is 5.69 Å². The van der Waals surface area contributed by atoms with Gasteiger partial charge in [0.15, 0.2) is 0 Å². The second-order valence-corrected chi connectivity index (χ2v) is 4.38. The van der Waals surface area contributed by atoms with Crippen molar-refractivity contribution in [2.24, 2.45) is 0 Å². The zero-order chi connectivity index (χ0) is 12.3. The van der Waals surface area contributed by atoms with E-state index in [0.717, 1.165) is 29.8 Å². The van der Waals surface area contributed by atoms with Gasteiger partial charge in [-0.15, -0.1) is 0 Å². The van der Waals surface area contributed by atoms with Crippen LogP contribution in [-0.2, 0) is 12.8 Å². The van der Waals surface area contributed by atoms with Crippen LogP contribution in [0.15, 0.2) is 36.5 Å². The molecule has 0 aliphatic carbocycles. The molecule has 1 aromatic carbocycles. The van der Waals surface area contributed by atoms with E-state index in [-0.39, 0.29) is 0 Å². The molecule has 0 radical (unpaired) electrons. The van der Waals surface area contributed by atoms with Crippen molar-refractivity contribution < 1.29 is 0 Å². The standard InChI is InChI=1S/C15H18N2/c1-3-12-6-7-14(17-10-12)8-13-5-4-11(2)15(16)9-13/h4-7,9-10H,3,8,16H2,1-2H3. The average molecular weight is 226 g/mol. The number of aryl methyl sites for hydroxylation is 2. The van der Waals surface area contributed by atoms with Gasteiger partial charge in [0, 0.05) is 24.0 Å². The summed E-state index contributed by atoms with van der Waals surface area (Å²) < 4.78 is 0. The van der Waals surface area contributed by atoms with Crippen LogP contribution in [0.2, 0.25) is 0 Å². The van der Waals surface area contributed by atoms with Crippen LogP contribution in [0.1, 0.15) is 29.3 Å². The summed E-state index contributed by atoms with van der Waals surface area (Å²) in [6.45, 7) is 4.16. The monoisotopic (exact) mass is 226 g/mol. The topological polar surface area (TPSA) is 38.9 Å². The quantitative estimate of drug-likeness (QED) is 0.817. The Morgan fingerprint density at radius 2 is 1.88 bits per heavy atom. The summed E-state index contributed by atoms with van der Waals surface area (Å²) in [5, 5.41) is 0. The molecule has 2 N–H and O–H groups in total. The van der Waals surface area contributed by atoms with Gasteiger partial charge in [0.2, 0.25) is 0 Å². The summed E-state index contributed by atoms with van der Waals surface area (Å²) in [4.78, 5) is 4.46. The molecule has 0 saturated heterocycles. The molecule has 0 aliphatic heterocycles. The lowest BCUT2D eigenvalue weighted by Gasteiger charge is -2.05. The maximum Gasteiger partial charge on any atom is 0.0447 e.